The van der Waals surface area contributed by atoms with E-state index in [2.05, 4.69) is 39.2 Å². The maximum Gasteiger partial charge on any atom is 0.253 e. The summed E-state index contributed by atoms with van der Waals surface area (Å²) in [6.45, 7) is 2.60. The molecule has 34 heavy (non-hydrogen) atoms. The Kier molecular flexibility index (Phi) is 7.72. The third-order valence-electron chi connectivity index (χ3n) is 5.50. The number of thiophene rings is 1. The molecule has 0 saturated heterocycles. The van der Waals surface area contributed by atoms with Crippen LogP contribution < -0.4 is 10.6 Å². The van der Waals surface area contributed by atoms with Crippen molar-refractivity contribution in [3.63, 3.8) is 0 Å². The first-order valence-corrected chi connectivity index (χ1v) is 12.1. The largest absolute Gasteiger partial charge is 0.375 e. The van der Waals surface area contributed by atoms with Crippen molar-refractivity contribution in [1.29, 1.82) is 0 Å². The van der Waals surface area contributed by atoms with Gasteiger partial charge in [-0.05, 0) is 59.9 Å². The predicted molar refractivity (Wildman–Crippen MR) is 135 cm³/mol. The summed E-state index contributed by atoms with van der Waals surface area (Å²) in [5.41, 5.74) is 4.80. The fourth-order valence-electron chi connectivity index (χ4n) is 3.96. The summed E-state index contributed by atoms with van der Waals surface area (Å²) >= 11 is 1.64. The van der Waals surface area contributed by atoms with Crippen LogP contribution in [-0.2, 0) is 28.9 Å². The molecule has 0 saturated carbocycles. The number of nitrogens with one attached hydrogen (secondary N) is 2. The lowest BCUT2D eigenvalue weighted by Crippen LogP contribution is -2.34. The summed E-state index contributed by atoms with van der Waals surface area (Å²) in [4.78, 5) is 30.0. The zero-order valence-corrected chi connectivity index (χ0v) is 20.1. The minimum Gasteiger partial charge on any atom is -0.375 e. The lowest BCUT2D eigenvalue weighted by Gasteiger charge is -2.16. The maximum absolute atomic E-state index is 13.4. The normalized spacial score (nSPS) is 11.9. The Hall–Kier alpha value is -3.49. The van der Waals surface area contributed by atoms with E-state index in [4.69, 9.17) is 4.74 Å². The number of methoxy groups -OCH3 is 1. The van der Waals surface area contributed by atoms with E-state index in [-0.39, 0.29) is 24.5 Å². The van der Waals surface area contributed by atoms with Crippen molar-refractivity contribution in [1.82, 2.24) is 14.9 Å². The summed E-state index contributed by atoms with van der Waals surface area (Å²) in [6.07, 6.45) is 3.31. The van der Waals surface area contributed by atoms with E-state index in [1.807, 2.05) is 35.1 Å². The van der Waals surface area contributed by atoms with Gasteiger partial charge in [0, 0.05) is 25.4 Å². The number of benzene rings is 2. The molecular weight excluding hydrogens is 448 g/mol. The first kappa shape index (κ1) is 23.7. The average molecular weight is 477 g/mol. The molecule has 0 aliphatic carbocycles. The molecule has 0 unspecified atom stereocenters. The lowest BCUT2D eigenvalue weighted by molar-refractivity contribution is -0.119. The Morgan fingerprint density at radius 2 is 1.97 bits per heavy atom. The van der Waals surface area contributed by atoms with Crippen LogP contribution in [0.2, 0.25) is 0 Å². The molecule has 0 spiro atoms. The van der Waals surface area contributed by atoms with Crippen molar-refractivity contribution in [2.45, 2.75) is 32.4 Å². The number of aromatic nitrogens is 2. The molecule has 2 amide bonds. The zero-order chi connectivity index (χ0) is 23.9. The quantitative estimate of drug-likeness (QED) is 0.358. The first-order valence-electron chi connectivity index (χ1n) is 11.2. The van der Waals surface area contributed by atoms with Crippen LogP contribution in [0.3, 0.4) is 0 Å². The number of fused-ring (bicyclic) bond motifs is 1. The summed E-state index contributed by atoms with van der Waals surface area (Å²) in [6, 6.07) is 15.7. The highest BCUT2D eigenvalue weighted by molar-refractivity contribution is 7.07. The van der Waals surface area contributed by atoms with E-state index >= 15 is 0 Å². The Balaban J connectivity index is 1.62. The van der Waals surface area contributed by atoms with Gasteiger partial charge in [0.15, 0.2) is 0 Å². The minimum absolute atomic E-state index is 0.0513. The fraction of sp³-hybridized carbons (Fsp3) is 0.269. The van der Waals surface area contributed by atoms with E-state index < -0.39 is 0 Å². The topological polar surface area (TPSA) is 85.2 Å². The standard InChI is InChI=1S/C26H28N4O3S/c1-18(12-20-9-11-34-16-20)28-26(32)22-13-21(29-24(31)15-33-2)14-23-25(22)30(17-27-23)10-8-19-6-4-3-5-7-19/h3-7,9,11,13-14,16-18H,8,10,12,15H2,1-2H3,(H,28,32)(H,29,31)/t18-/m0/s1. The van der Waals surface area contributed by atoms with Crippen LogP contribution in [0.5, 0.6) is 0 Å². The summed E-state index contributed by atoms with van der Waals surface area (Å²) in [5.74, 6) is -0.487. The molecule has 0 radical (unpaired) electrons. The van der Waals surface area contributed by atoms with Gasteiger partial charge in [-0.15, -0.1) is 0 Å². The van der Waals surface area contributed by atoms with Crippen molar-refractivity contribution in [2.24, 2.45) is 0 Å². The second kappa shape index (κ2) is 11.1. The number of imidazole rings is 1. The molecule has 2 aromatic carbocycles. The highest BCUT2D eigenvalue weighted by atomic mass is 32.1. The van der Waals surface area contributed by atoms with Gasteiger partial charge in [-0.1, -0.05) is 30.3 Å². The van der Waals surface area contributed by atoms with Crippen LogP contribution in [-0.4, -0.2) is 41.1 Å². The number of hydrogen-bond donors (Lipinski definition) is 2. The molecule has 0 bridgehead atoms. The number of ether oxygens (including phenoxy) is 1. The average Bonchev–Trinajstić information content (AvgIpc) is 3.47. The van der Waals surface area contributed by atoms with Crippen LogP contribution in [0.4, 0.5) is 5.69 Å². The van der Waals surface area contributed by atoms with Crippen molar-refractivity contribution in [3.8, 4) is 0 Å². The Labute approximate surface area is 202 Å². The molecule has 0 aliphatic heterocycles. The fourth-order valence-corrected chi connectivity index (χ4v) is 4.64. The second-order valence-corrected chi connectivity index (χ2v) is 9.04. The van der Waals surface area contributed by atoms with Gasteiger partial charge in [-0.3, -0.25) is 9.59 Å². The van der Waals surface area contributed by atoms with Gasteiger partial charge in [0.2, 0.25) is 5.91 Å². The van der Waals surface area contributed by atoms with Gasteiger partial charge >= 0.3 is 0 Å². The second-order valence-electron chi connectivity index (χ2n) is 8.26. The highest BCUT2D eigenvalue weighted by Gasteiger charge is 2.19. The van der Waals surface area contributed by atoms with Crippen LogP contribution in [0.15, 0.2) is 65.6 Å². The molecule has 0 fully saturated rings. The number of anilines is 1. The molecule has 1 atom stereocenters. The molecule has 4 rings (SSSR count). The van der Waals surface area contributed by atoms with E-state index in [9.17, 15) is 9.59 Å². The van der Waals surface area contributed by atoms with E-state index in [1.54, 1.807) is 29.8 Å². The summed E-state index contributed by atoms with van der Waals surface area (Å²) in [5, 5.41) is 10.0. The highest BCUT2D eigenvalue weighted by Crippen LogP contribution is 2.25. The van der Waals surface area contributed by atoms with Crippen molar-refractivity contribution < 1.29 is 14.3 Å². The van der Waals surface area contributed by atoms with Crippen molar-refractivity contribution >= 4 is 39.9 Å². The van der Waals surface area contributed by atoms with Gasteiger partial charge in [-0.2, -0.15) is 11.3 Å². The number of carbonyl (C=O) groups excluding carboxylic acids is 2. The number of amides is 2. The van der Waals surface area contributed by atoms with Gasteiger partial charge in [0.25, 0.3) is 5.91 Å². The minimum atomic E-state index is -0.289. The van der Waals surface area contributed by atoms with Crippen LogP contribution in [0.1, 0.15) is 28.4 Å². The van der Waals surface area contributed by atoms with Gasteiger partial charge in [0.05, 0.1) is 22.9 Å². The summed E-state index contributed by atoms with van der Waals surface area (Å²) in [7, 11) is 1.46. The van der Waals surface area contributed by atoms with Gasteiger partial charge in [0.1, 0.15) is 6.61 Å². The van der Waals surface area contributed by atoms with Crippen LogP contribution in [0, 0.1) is 0 Å². The number of carbonyl (C=O) groups is 2. The van der Waals surface area contributed by atoms with Crippen LogP contribution >= 0.6 is 11.3 Å². The molecule has 2 heterocycles. The van der Waals surface area contributed by atoms with Crippen molar-refractivity contribution in [3.05, 3.63) is 82.3 Å². The molecular formula is C26H28N4O3S. The van der Waals surface area contributed by atoms with E-state index in [0.717, 1.165) is 18.4 Å². The number of nitrogens with zero attached hydrogens (tertiary/aromatic N) is 2. The first-order chi connectivity index (χ1) is 16.5. The smallest absolute Gasteiger partial charge is 0.253 e. The van der Waals surface area contributed by atoms with E-state index in [1.165, 1.54) is 18.2 Å². The predicted octanol–water partition coefficient (Wildman–Crippen LogP) is 4.29. The molecule has 176 valence electrons. The zero-order valence-electron chi connectivity index (χ0n) is 19.3. The van der Waals surface area contributed by atoms with E-state index in [0.29, 0.717) is 23.3 Å². The molecule has 2 N–H and O–H groups in total. The molecule has 2 aromatic heterocycles. The SMILES string of the molecule is COCC(=O)Nc1cc(C(=O)N[C@@H](C)Cc2ccsc2)c2c(c1)ncn2CCc1ccccc1. The van der Waals surface area contributed by atoms with Crippen LogP contribution in [0.25, 0.3) is 11.0 Å². The number of rotatable bonds is 10. The molecule has 8 heteroatoms. The molecule has 7 nitrogen and oxygen atoms in total. The Morgan fingerprint density at radius 1 is 1.15 bits per heavy atom. The van der Waals surface area contributed by atoms with Gasteiger partial charge in [-0.25, -0.2) is 4.98 Å². The monoisotopic (exact) mass is 476 g/mol. The Morgan fingerprint density at radius 3 is 2.71 bits per heavy atom. The number of aryl methyl sites for hydroxylation is 2. The maximum atomic E-state index is 13.4. The Bertz CT molecular complexity index is 1250. The molecule has 4 aromatic rings. The van der Waals surface area contributed by atoms with Crippen molar-refractivity contribution in [2.75, 3.05) is 19.0 Å². The molecule has 0 aliphatic rings. The summed E-state index contributed by atoms with van der Waals surface area (Å²) < 4.78 is 6.91. The third kappa shape index (κ3) is 5.89. The lowest BCUT2D eigenvalue weighted by atomic mass is 10.1. The third-order valence-corrected chi connectivity index (χ3v) is 6.23. The number of hydrogen-bond acceptors (Lipinski definition) is 5. The van der Waals surface area contributed by atoms with Gasteiger partial charge < -0.3 is 19.9 Å².